The highest BCUT2D eigenvalue weighted by Crippen LogP contribution is 2.17. The molecule has 0 bridgehead atoms. The molecule has 0 saturated carbocycles. The Kier molecular flexibility index (Phi) is 10.8. The zero-order valence-corrected chi connectivity index (χ0v) is 16.5. The predicted molar refractivity (Wildman–Crippen MR) is 102 cm³/mol. The minimum atomic E-state index is -0.364. The quantitative estimate of drug-likeness (QED) is 0.408. The maximum atomic E-state index is 12.1. The van der Waals surface area contributed by atoms with Gasteiger partial charge in [-0.25, -0.2) is 4.79 Å². The van der Waals surface area contributed by atoms with Gasteiger partial charge in [0, 0.05) is 12.8 Å². The Bertz CT molecular complexity index is 581. The number of esters is 3. The van der Waals surface area contributed by atoms with E-state index in [1.54, 1.807) is 32.9 Å². The zero-order valence-electron chi connectivity index (χ0n) is 16.5. The maximum absolute atomic E-state index is 12.1. The Morgan fingerprint density at radius 3 is 1.56 bits per heavy atom. The van der Waals surface area contributed by atoms with Crippen LogP contribution in [0.3, 0.4) is 0 Å². The van der Waals surface area contributed by atoms with E-state index < -0.39 is 0 Å². The summed E-state index contributed by atoms with van der Waals surface area (Å²) < 4.78 is 15.0. The predicted octanol–water partition coefficient (Wildman–Crippen LogP) is 3.63. The van der Waals surface area contributed by atoms with E-state index in [9.17, 15) is 14.4 Å². The average molecular weight is 378 g/mol. The van der Waals surface area contributed by atoms with Gasteiger partial charge in [-0.15, -0.1) is 0 Å². The molecule has 0 heterocycles. The Balaban J connectivity index is 2.75. The van der Waals surface area contributed by atoms with E-state index in [4.69, 9.17) is 14.2 Å². The van der Waals surface area contributed by atoms with Crippen LogP contribution in [-0.4, -0.2) is 37.7 Å². The molecule has 0 fully saturated rings. The van der Waals surface area contributed by atoms with Crippen molar-refractivity contribution < 1.29 is 28.6 Å². The summed E-state index contributed by atoms with van der Waals surface area (Å²) in [6, 6.07) is 5.62. The van der Waals surface area contributed by atoms with Crippen LogP contribution in [0.25, 0.3) is 0 Å². The van der Waals surface area contributed by atoms with Crippen molar-refractivity contribution in [3.05, 3.63) is 34.9 Å². The van der Waals surface area contributed by atoms with E-state index in [-0.39, 0.29) is 17.9 Å². The molecular weight excluding hydrogens is 348 g/mol. The largest absolute Gasteiger partial charge is 0.466 e. The van der Waals surface area contributed by atoms with Gasteiger partial charge < -0.3 is 14.2 Å². The summed E-state index contributed by atoms with van der Waals surface area (Å²) >= 11 is 0. The second-order valence-corrected chi connectivity index (χ2v) is 6.08. The second-order valence-electron chi connectivity index (χ2n) is 6.08. The second kappa shape index (κ2) is 12.9. The molecule has 0 unspecified atom stereocenters. The highest BCUT2D eigenvalue weighted by atomic mass is 16.5. The topological polar surface area (TPSA) is 78.9 Å². The number of benzene rings is 1. The molecule has 0 spiro atoms. The van der Waals surface area contributed by atoms with Gasteiger partial charge in [-0.05, 0) is 69.7 Å². The number of hydrogen-bond acceptors (Lipinski definition) is 6. The number of ether oxygens (including phenoxy) is 3. The fourth-order valence-corrected chi connectivity index (χ4v) is 2.72. The summed E-state index contributed by atoms with van der Waals surface area (Å²) in [6.45, 7) is 6.39. The molecule has 6 heteroatoms. The minimum Gasteiger partial charge on any atom is -0.466 e. The van der Waals surface area contributed by atoms with E-state index >= 15 is 0 Å². The van der Waals surface area contributed by atoms with Gasteiger partial charge in [0.15, 0.2) is 0 Å². The molecule has 0 atom stereocenters. The first kappa shape index (κ1) is 22.7. The number of aryl methyl sites for hydroxylation is 2. The van der Waals surface area contributed by atoms with Crippen molar-refractivity contribution in [2.45, 2.75) is 59.3 Å². The first-order valence-electron chi connectivity index (χ1n) is 9.61. The molecule has 0 amide bonds. The van der Waals surface area contributed by atoms with Gasteiger partial charge in [0.1, 0.15) is 0 Å². The zero-order chi connectivity index (χ0) is 20.1. The van der Waals surface area contributed by atoms with Crippen LogP contribution in [0.2, 0.25) is 0 Å². The Morgan fingerprint density at radius 1 is 0.704 bits per heavy atom. The van der Waals surface area contributed by atoms with Crippen molar-refractivity contribution in [3.8, 4) is 0 Å². The monoisotopic (exact) mass is 378 g/mol. The van der Waals surface area contributed by atoms with Gasteiger partial charge >= 0.3 is 17.9 Å². The lowest BCUT2D eigenvalue weighted by Gasteiger charge is -2.10. The number of hydrogen-bond donors (Lipinski definition) is 0. The molecule has 0 aliphatic rings. The third kappa shape index (κ3) is 9.22. The lowest BCUT2D eigenvalue weighted by atomic mass is 9.98. The van der Waals surface area contributed by atoms with Crippen LogP contribution in [0.15, 0.2) is 18.2 Å². The highest BCUT2D eigenvalue weighted by molar-refractivity contribution is 5.89. The van der Waals surface area contributed by atoms with Crippen LogP contribution >= 0.6 is 0 Å². The van der Waals surface area contributed by atoms with E-state index in [1.807, 2.05) is 6.07 Å². The van der Waals surface area contributed by atoms with Gasteiger partial charge in [0.25, 0.3) is 0 Å². The molecular formula is C21H30O6. The van der Waals surface area contributed by atoms with Gasteiger partial charge in [0.2, 0.25) is 0 Å². The van der Waals surface area contributed by atoms with Crippen molar-refractivity contribution in [2.24, 2.45) is 0 Å². The average Bonchev–Trinajstić information content (AvgIpc) is 2.62. The van der Waals surface area contributed by atoms with Crippen LogP contribution in [-0.2, 0) is 36.6 Å². The van der Waals surface area contributed by atoms with Crippen molar-refractivity contribution >= 4 is 17.9 Å². The van der Waals surface area contributed by atoms with E-state index in [0.29, 0.717) is 63.9 Å². The number of rotatable bonds is 12. The third-order valence-corrected chi connectivity index (χ3v) is 3.87. The molecule has 0 aliphatic heterocycles. The van der Waals surface area contributed by atoms with E-state index in [0.717, 1.165) is 11.1 Å². The molecule has 0 aromatic heterocycles. The van der Waals surface area contributed by atoms with Gasteiger partial charge in [0.05, 0.1) is 25.4 Å². The standard InChI is InChI=1S/C21H30O6/c1-4-25-19(22)11-7-9-16-13-17(10-8-12-20(23)26-5-2)15-18(14-16)21(24)27-6-3/h13-15H,4-12H2,1-3H3. The Labute approximate surface area is 161 Å². The minimum absolute atomic E-state index is 0.214. The molecule has 1 aromatic rings. The van der Waals surface area contributed by atoms with E-state index in [2.05, 4.69) is 0 Å². The number of carbonyl (C=O) groups excluding carboxylic acids is 3. The molecule has 1 rings (SSSR count). The molecule has 0 radical (unpaired) electrons. The van der Waals surface area contributed by atoms with Crippen LogP contribution < -0.4 is 0 Å². The van der Waals surface area contributed by atoms with Gasteiger partial charge in [-0.3, -0.25) is 9.59 Å². The fraction of sp³-hybridized carbons (Fsp3) is 0.571. The molecule has 0 aliphatic carbocycles. The highest BCUT2D eigenvalue weighted by Gasteiger charge is 2.11. The Hall–Kier alpha value is -2.37. The summed E-state index contributed by atoms with van der Waals surface area (Å²) in [6.07, 6.45) is 3.31. The summed E-state index contributed by atoms with van der Waals surface area (Å²) in [5.41, 5.74) is 2.43. The summed E-state index contributed by atoms with van der Waals surface area (Å²) in [4.78, 5) is 35.1. The molecule has 27 heavy (non-hydrogen) atoms. The third-order valence-electron chi connectivity index (χ3n) is 3.87. The lowest BCUT2D eigenvalue weighted by molar-refractivity contribution is -0.144. The van der Waals surface area contributed by atoms with Crippen molar-refractivity contribution in [3.63, 3.8) is 0 Å². The smallest absolute Gasteiger partial charge is 0.338 e. The first-order chi connectivity index (χ1) is 13.0. The molecule has 150 valence electrons. The molecule has 0 saturated heterocycles. The number of carbonyl (C=O) groups is 3. The molecule has 6 nitrogen and oxygen atoms in total. The van der Waals surface area contributed by atoms with Crippen LogP contribution in [0.5, 0.6) is 0 Å². The summed E-state index contributed by atoms with van der Waals surface area (Å²) in [5.74, 6) is -0.793. The van der Waals surface area contributed by atoms with Crippen LogP contribution in [0, 0.1) is 0 Å². The molecule has 1 aromatic carbocycles. The van der Waals surface area contributed by atoms with E-state index in [1.165, 1.54) is 0 Å². The summed E-state index contributed by atoms with van der Waals surface area (Å²) in [7, 11) is 0. The molecule has 0 N–H and O–H groups in total. The fourth-order valence-electron chi connectivity index (χ4n) is 2.72. The first-order valence-corrected chi connectivity index (χ1v) is 9.61. The summed E-state index contributed by atoms with van der Waals surface area (Å²) in [5, 5.41) is 0. The lowest BCUT2D eigenvalue weighted by Crippen LogP contribution is -2.08. The maximum Gasteiger partial charge on any atom is 0.338 e. The van der Waals surface area contributed by atoms with Crippen LogP contribution in [0.4, 0.5) is 0 Å². The van der Waals surface area contributed by atoms with Gasteiger partial charge in [-0.2, -0.15) is 0 Å². The van der Waals surface area contributed by atoms with Crippen LogP contribution in [0.1, 0.15) is 67.9 Å². The van der Waals surface area contributed by atoms with Gasteiger partial charge in [-0.1, -0.05) is 6.07 Å². The SMILES string of the molecule is CCOC(=O)CCCc1cc(CCCC(=O)OCC)cc(C(=O)OCC)c1. The van der Waals surface area contributed by atoms with Crippen molar-refractivity contribution in [1.29, 1.82) is 0 Å². The Morgan fingerprint density at radius 2 is 1.15 bits per heavy atom. The normalized spacial score (nSPS) is 10.3. The van der Waals surface area contributed by atoms with Crippen molar-refractivity contribution in [1.82, 2.24) is 0 Å². The van der Waals surface area contributed by atoms with Crippen molar-refractivity contribution in [2.75, 3.05) is 19.8 Å².